The summed E-state index contributed by atoms with van der Waals surface area (Å²) in [4.78, 5) is 22.4. The van der Waals surface area contributed by atoms with Crippen LogP contribution in [0.4, 0.5) is 0 Å². The molecule has 0 spiro atoms. The average Bonchev–Trinajstić information content (AvgIpc) is 2.11. The lowest BCUT2D eigenvalue weighted by molar-refractivity contribution is -0.155. The number of hydrogen-bond donors (Lipinski definition) is 0. The van der Waals surface area contributed by atoms with Gasteiger partial charge in [0, 0.05) is 0 Å². The van der Waals surface area contributed by atoms with Crippen LogP contribution in [0.3, 0.4) is 0 Å². The number of halogens is 2. The summed E-state index contributed by atoms with van der Waals surface area (Å²) in [5.74, 6) is -0.777. The van der Waals surface area contributed by atoms with Crippen LogP contribution in [0, 0.1) is 0 Å². The highest BCUT2D eigenvalue weighted by Gasteiger charge is 2.30. The van der Waals surface area contributed by atoms with E-state index in [9.17, 15) is 9.59 Å². The second kappa shape index (κ2) is 7.07. The van der Waals surface area contributed by atoms with Gasteiger partial charge in [-0.25, -0.2) is 0 Å². The summed E-state index contributed by atoms with van der Waals surface area (Å²) in [7, 11) is 0. The van der Waals surface area contributed by atoms with Gasteiger partial charge >= 0.3 is 11.9 Å². The molecule has 2 atom stereocenters. The van der Waals surface area contributed by atoms with Crippen molar-refractivity contribution in [2.24, 2.45) is 0 Å². The molecule has 0 aliphatic carbocycles. The fourth-order valence-corrected chi connectivity index (χ4v) is 2.54. The van der Waals surface area contributed by atoms with Crippen molar-refractivity contribution in [3.8, 4) is 0 Å². The highest BCUT2D eigenvalue weighted by molar-refractivity contribution is 9.10. The standard InChI is InChI=1S/C13H22Br2O4/c1-12(2,3)18-10(16)8(14)7-9(15)11(17)19-13(4,5)6/h8-9H,7H2,1-6H3. The van der Waals surface area contributed by atoms with Crippen LogP contribution >= 0.6 is 31.9 Å². The van der Waals surface area contributed by atoms with Gasteiger partial charge in [-0.15, -0.1) is 0 Å². The molecule has 0 aromatic carbocycles. The normalized spacial score (nSPS) is 15.6. The maximum absolute atomic E-state index is 11.8. The molecule has 0 amide bonds. The number of ether oxygens (including phenoxy) is 2. The van der Waals surface area contributed by atoms with E-state index >= 15 is 0 Å². The maximum Gasteiger partial charge on any atom is 0.320 e. The van der Waals surface area contributed by atoms with Crippen molar-refractivity contribution in [3.05, 3.63) is 0 Å². The quantitative estimate of drug-likeness (QED) is 0.533. The van der Waals surface area contributed by atoms with Crippen molar-refractivity contribution in [3.63, 3.8) is 0 Å². The van der Waals surface area contributed by atoms with Gasteiger partial charge in [-0.1, -0.05) is 31.9 Å². The van der Waals surface area contributed by atoms with E-state index in [-0.39, 0.29) is 18.4 Å². The Bertz CT molecular complexity index is 297. The zero-order valence-electron chi connectivity index (χ0n) is 12.3. The molecule has 0 aliphatic heterocycles. The average molecular weight is 402 g/mol. The van der Waals surface area contributed by atoms with E-state index < -0.39 is 20.9 Å². The van der Waals surface area contributed by atoms with E-state index in [0.717, 1.165) is 0 Å². The first-order valence-corrected chi connectivity index (χ1v) is 7.89. The summed E-state index contributed by atoms with van der Waals surface area (Å²) in [6.45, 7) is 10.8. The van der Waals surface area contributed by atoms with Gasteiger partial charge in [-0.2, -0.15) is 0 Å². The Morgan fingerprint density at radius 2 is 1.11 bits per heavy atom. The molecule has 0 rings (SSSR count). The van der Waals surface area contributed by atoms with Gasteiger partial charge < -0.3 is 9.47 Å². The lowest BCUT2D eigenvalue weighted by atomic mass is 10.1. The zero-order valence-corrected chi connectivity index (χ0v) is 15.4. The minimum atomic E-state index is -0.552. The largest absolute Gasteiger partial charge is 0.459 e. The van der Waals surface area contributed by atoms with Crippen LogP contribution in [0.15, 0.2) is 0 Å². The monoisotopic (exact) mass is 400 g/mol. The minimum absolute atomic E-state index is 0.268. The summed E-state index contributed by atoms with van der Waals surface area (Å²) < 4.78 is 10.4. The Morgan fingerprint density at radius 1 is 0.842 bits per heavy atom. The van der Waals surface area contributed by atoms with Gasteiger partial charge in [0.25, 0.3) is 0 Å². The van der Waals surface area contributed by atoms with Crippen molar-refractivity contribution < 1.29 is 19.1 Å². The lowest BCUT2D eigenvalue weighted by Gasteiger charge is -2.24. The van der Waals surface area contributed by atoms with E-state index in [1.165, 1.54) is 0 Å². The van der Waals surface area contributed by atoms with Crippen LogP contribution < -0.4 is 0 Å². The van der Waals surface area contributed by atoms with Crippen LogP contribution in [0.1, 0.15) is 48.0 Å². The predicted molar refractivity (Wildman–Crippen MR) is 81.7 cm³/mol. The number of carbonyl (C=O) groups excluding carboxylic acids is 2. The number of hydrogen-bond acceptors (Lipinski definition) is 4. The lowest BCUT2D eigenvalue weighted by Crippen LogP contribution is -2.34. The van der Waals surface area contributed by atoms with Crippen LogP contribution in [-0.4, -0.2) is 32.8 Å². The first-order valence-electron chi connectivity index (χ1n) is 6.06. The highest BCUT2D eigenvalue weighted by Crippen LogP contribution is 2.21. The number of esters is 2. The first-order chi connectivity index (χ1) is 8.32. The van der Waals surface area contributed by atoms with Crippen molar-refractivity contribution in [2.45, 2.75) is 68.8 Å². The van der Waals surface area contributed by atoms with Crippen LogP contribution in [0.2, 0.25) is 0 Å². The predicted octanol–water partition coefficient (Wildman–Crippen LogP) is 3.59. The van der Waals surface area contributed by atoms with Crippen molar-refractivity contribution >= 4 is 43.8 Å². The topological polar surface area (TPSA) is 52.6 Å². The summed E-state index contributed by atoms with van der Waals surface area (Å²) in [5, 5.41) is 0. The Hall–Kier alpha value is -0.100. The molecular formula is C13H22Br2O4. The first kappa shape index (κ1) is 18.9. The molecule has 0 N–H and O–H groups in total. The maximum atomic E-state index is 11.8. The van der Waals surface area contributed by atoms with Crippen molar-refractivity contribution in [1.82, 2.24) is 0 Å². The second-order valence-corrected chi connectivity index (χ2v) is 8.45. The van der Waals surface area contributed by atoms with E-state index in [1.807, 2.05) is 0 Å². The van der Waals surface area contributed by atoms with Gasteiger partial charge in [0.2, 0.25) is 0 Å². The molecule has 0 saturated carbocycles. The van der Waals surface area contributed by atoms with Crippen LogP contribution in [0.25, 0.3) is 0 Å². The molecule has 0 heterocycles. The van der Waals surface area contributed by atoms with Gasteiger partial charge in [-0.3, -0.25) is 9.59 Å². The molecule has 19 heavy (non-hydrogen) atoms. The minimum Gasteiger partial charge on any atom is -0.459 e. The molecule has 0 saturated heterocycles. The van der Waals surface area contributed by atoms with Crippen molar-refractivity contribution in [1.29, 1.82) is 0 Å². The smallest absolute Gasteiger partial charge is 0.320 e. The third kappa shape index (κ3) is 9.44. The summed E-state index contributed by atoms with van der Waals surface area (Å²) in [5.41, 5.74) is -1.09. The Kier molecular flexibility index (Phi) is 7.03. The molecule has 112 valence electrons. The Labute approximate surface area is 131 Å². The summed E-state index contributed by atoms with van der Waals surface area (Å²) >= 11 is 6.46. The number of rotatable bonds is 4. The summed E-state index contributed by atoms with van der Waals surface area (Å²) in [6, 6.07) is 0. The van der Waals surface area contributed by atoms with E-state index in [0.29, 0.717) is 0 Å². The number of carbonyl (C=O) groups is 2. The van der Waals surface area contributed by atoms with E-state index in [1.54, 1.807) is 41.5 Å². The van der Waals surface area contributed by atoms with Gasteiger partial charge in [0.15, 0.2) is 0 Å². The second-order valence-electron chi connectivity index (χ2n) is 6.24. The Morgan fingerprint density at radius 3 is 1.32 bits per heavy atom. The van der Waals surface area contributed by atoms with E-state index in [4.69, 9.17) is 9.47 Å². The van der Waals surface area contributed by atoms with Crippen molar-refractivity contribution in [2.75, 3.05) is 0 Å². The molecule has 6 heteroatoms. The molecule has 2 unspecified atom stereocenters. The SMILES string of the molecule is CC(C)(C)OC(=O)C(Br)CC(Br)C(=O)OC(C)(C)C. The fourth-order valence-electron chi connectivity index (χ4n) is 1.11. The van der Waals surface area contributed by atoms with Gasteiger partial charge in [-0.05, 0) is 48.0 Å². The van der Waals surface area contributed by atoms with Crippen LogP contribution in [-0.2, 0) is 19.1 Å². The molecule has 0 aliphatic rings. The molecule has 0 radical (unpaired) electrons. The third-order valence-electron chi connectivity index (χ3n) is 1.74. The van der Waals surface area contributed by atoms with Crippen LogP contribution in [0.5, 0.6) is 0 Å². The van der Waals surface area contributed by atoms with Gasteiger partial charge in [0.1, 0.15) is 20.9 Å². The molecule has 0 aromatic rings. The van der Waals surface area contributed by atoms with Gasteiger partial charge in [0.05, 0.1) is 0 Å². The number of alkyl halides is 2. The highest BCUT2D eigenvalue weighted by atomic mass is 79.9. The molecule has 0 bridgehead atoms. The molecule has 0 fully saturated rings. The summed E-state index contributed by atoms with van der Waals surface area (Å²) in [6.07, 6.45) is 0.268. The molecule has 0 aromatic heterocycles. The fraction of sp³-hybridized carbons (Fsp3) is 0.846. The third-order valence-corrected chi connectivity index (χ3v) is 3.23. The molecule has 4 nitrogen and oxygen atoms in total. The molecular weight excluding hydrogens is 380 g/mol. The zero-order chi connectivity index (χ0) is 15.4. The van der Waals surface area contributed by atoms with E-state index in [2.05, 4.69) is 31.9 Å². The Balaban J connectivity index is 4.36.